The molecule has 0 aliphatic carbocycles. The third kappa shape index (κ3) is 3.72. The van der Waals surface area contributed by atoms with Crippen molar-refractivity contribution in [1.29, 1.82) is 0 Å². The Balaban J connectivity index is 2.80. The Kier molecular flexibility index (Phi) is 4.27. The van der Waals surface area contributed by atoms with Crippen molar-refractivity contribution in [3.05, 3.63) is 34.3 Å². The van der Waals surface area contributed by atoms with E-state index in [9.17, 15) is 13.2 Å². The van der Waals surface area contributed by atoms with Gasteiger partial charge in [-0.1, -0.05) is 28.1 Å². The molecule has 1 rings (SSSR count). The lowest BCUT2D eigenvalue weighted by Crippen LogP contribution is -2.27. The van der Waals surface area contributed by atoms with Crippen LogP contribution < -0.4 is 0 Å². The Morgan fingerprint density at radius 3 is 2.56 bits per heavy atom. The van der Waals surface area contributed by atoms with Crippen molar-refractivity contribution < 1.29 is 13.2 Å². The van der Waals surface area contributed by atoms with E-state index in [4.69, 9.17) is 0 Å². The van der Waals surface area contributed by atoms with Gasteiger partial charge in [-0.25, -0.2) is 8.42 Å². The molecule has 1 aromatic carbocycles. The monoisotopic (exact) mass is 304 g/mol. The second-order valence-corrected chi connectivity index (χ2v) is 7.03. The molecule has 0 aromatic heterocycles. The average molecular weight is 305 g/mol. The van der Waals surface area contributed by atoms with Gasteiger partial charge in [0, 0.05) is 17.1 Å². The van der Waals surface area contributed by atoms with E-state index in [0.717, 1.165) is 16.3 Å². The fourth-order valence-electron chi connectivity index (χ4n) is 1.23. The first-order valence-electron chi connectivity index (χ1n) is 4.76. The van der Waals surface area contributed by atoms with Crippen LogP contribution in [0.3, 0.4) is 0 Å². The maximum atomic E-state index is 11.7. The zero-order valence-corrected chi connectivity index (χ0v) is 11.5. The predicted octanol–water partition coefficient (Wildman–Crippen LogP) is 1.99. The molecule has 0 saturated heterocycles. The molecule has 16 heavy (non-hydrogen) atoms. The van der Waals surface area contributed by atoms with Gasteiger partial charge in [0.2, 0.25) is 0 Å². The molecule has 0 N–H and O–H groups in total. The van der Waals surface area contributed by atoms with E-state index in [-0.39, 0.29) is 12.2 Å². The summed E-state index contributed by atoms with van der Waals surface area (Å²) in [5, 5.41) is -0.938. The number of carbonyl (C=O) groups is 1. The molecule has 0 fully saturated rings. The van der Waals surface area contributed by atoms with Crippen LogP contribution in [0.25, 0.3) is 0 Å². The summed E-state index contributed by atoms with van der Waals surface area (Å²) in [6.07, 6.45) is 1.23. The second kappa shape index (κ2) is 5.10. The van der Waals surface area contributed by atoms with E-state index < -0.39 is 15.1 Å². The summed E-state index contributed by atoms with van der Waals surface area (Å²) in [5.74, 6) is -0.277. The first kappa shape index (κ1) is 13.4. The summed E-state index contributed by atoms with van der Waals surface area (Å²) < 4.78 is 23.3. The minimum atomic E-state index is -3.29. The van der Waals surface area contributed by atoms with Crippen LogP contribution in [0.2, 0.25) is 0 Å². The quantitative estimate of drug-likeness (QED) is 0.855. The summed E-state index contributed by atoms with van der Waals surface area (Å²) in [6, 6.07) is 7.29. The molecule has 88 valence electrons. The van der Waals surface area contributed by atoms with Crippen LogP contribution in [0.4, 0.5) is 0 Å². The lowest BCUT2D eigenvalue weighted by atomic mass is 10.1. The number of benzene rings is 1. The van der Waals surface area contributed by atoms with E-state index in [1.165, 1.54) is 6.92 Å². The minimum Gasteiger partial charge on any atom is -0.298 e. The Bertz CT molecular complexity index is 494. The minimum absolute atomic E-state index is 0.147. The van der Waals surface area contributed by atoms with Crippen LogP contribution in [0.5, 0.6) is 0 Å². The normalized spacial score (nSPS) is 13.4. The van der Waals surface area contributed by atoms with Gasteiger partial charge < -0.3 is 0 Å². The van der Waals surface area contributed by atoms with Crippen LogP contribution >= 0.6 is 15.9 Å². The third-order valence-electron chi connectivity index (χ3n) is 2.36. The van der Waals surface area contributed by atoms with Gasteiger partial charge in [-0.05, 0) is 24.6 Å². The van der Waals surface area contributed by atoms with Crippen LogP contribution in [-0.4, -0.2) is 25.7 Å². The summed E-state index contributed by atoms with van der Waals surface area (Å²) in [5.41, 5.74) is 0.815. The van der Waals surface area contributed by atoms with Crippen LogP contribution in [0.15, 0.2) is 28.7 Å². The van der Waals surface area contributed by atoms with Crippen molar-refractivity contribution in [1.82, 2.24) is 0 Å². The Morgan fingerprint density at radius 1 is 1.44 bits per heavy atom. The van der Waals surface area contributed by atoms with Crippen molar-refractivity contribution in [3.63, 3.8) is 0 Å². The fraction of sp³-hybridized carbons (Fsp3) is 0.364. The molecule has 1 unspecified atom stereocenters. The second-order valence-electron chi connectivity index (χ2n) is 3.74. The summed E-state index contributed by atoms with van der Waals surface area (Å²) in [6.45, 7) is 1.43. The number of hydrogen-bond donors (Lipinski definition) is 0. The molecule has 0 amide bonds. The van der Waals surface area contributed by atoms with E-state index in [1.54, 1.807) is 6.07 Å². The highest BCUT2D eigenvalue weighted by molar-refractivity contribution is 9.10. The van der Waals surface area contributed by atoms with Crippen molar-refractivity contribution in [2.75, 3.05) is 6.26 Å². The highest BCUT2D eigenvalue weighted by Gasteiger charge is 2.23. The average Bonchev–Trinajstić information content (AvgIpc) is 2.15. The summed E-state index contributed by atoms with van der Waals surface area (Å²) >= 11 is 3.30. The molecule has 0 spiro atoms. The Hall–Kier alpha value is -0.680. The number of Topliss-reactive ketones (excluding diaryl/α,β-unsaturated/α-hetero) is 1. The van der Waals surface area contributed by atoms with Crippen LogP contribution in [0, 0.1) is 0 Å². The molecule has 0 aliphatic rings. The molecule has 0 bridgehead atoms. The van der Waals surface area contributed by atoms with E-state index in [2.05, 4.69) is 15.9 Å². The van der Waals surface area contributed by atoms with Gasteiger partial charge in [-0.3, -0.25) is 4.79 Å². The number of sulfone groups is 1. The lowest BCUT2D eigenvalue weighted by molar-refractivity contribution is -0.117. The van der Waals surface area contributed by atoms with E-state index in [1.807, 2.05) is 18.2 Å². The smallest absolute Gasteiger partial charge is 0.157 e. The van der Waals surface area contributed by atoms with Gasteiger partial charge in [-0.2, -0.15) is 0 Å². The molecule has 1 aromatic rings. The number of hydrogen-bond acceptors (Lipinski definition) is 3. The van der Waals surface area contributed by atoms with Crippen LogP contribution in [-0.2, 0) is 21.1 Å². The van der Waals surface area contributed by atoms with Crippen molar-refractivity contribution in [2.45, 2.75) is 18.6 Å². The first-order valence-corrected chi connectivity index (χ1v) is 7.51. The topological polar surface area (TPSA) is 51.2 Å². The van der Waals surface area contributed by atoms with Crippen molar-refractivity contribution in [2.24, 2.45) is 0 Å². The Labute approximate surface area is 104 Å². The summed E-state index contributed by atoms with van der Waals surface area (Å²) in [4.78, 5) is 11.7. The van der Waals surface area contributed by atoms with E-state index >= 15 is 0 Å². The molecule has 0 saturated carbocycles. The molecule has 5 heteroatoms. The van der Waals surface area contributed by atoms with Crippen molar-refractivity contribution in [3.8, 4) is 0 Å². The highest BCUT2D eigenvalue weighted by Crippen LogP contribution is 2.13. The van der Waals surface area contributed by atoms with Crippen molar-refractivity contribution >= 4 is 31.6 Å². The van der Waals surface area contributed by atoms with Gasteiger partial charge >= 0.3 is 0 Å². The van der Waals surface area contributed by atoms with Gasteiger partial charge in [-0.15, -0.1) is 0 Å². The first-order chi connectivity index (χ1) is 7.30. The molecular formula is C11H13BrO3S. The maximum absolute atomic E-state index is 11.7. The van der Waals surface area contributed by atoms with Gasteiger partial charge in [0.15, 0.2) is 15.6 Å². The SMILES string of the molecule is CC(C(=O)Cc1cccc(Br)c1)S(C)(=O)=O. The molecule has 3 nitrogen and oxygen atoms in total. The van der Waals surface area contributed by atoms with Gasteiger partial charge in [0.1, 0.15) is 5.25 Å². The zero-order chi connectivity index (χ0) is 12.3. The van der Waals surface area contributed by atoms with Crippen LogP contribution in [0.1, 0.15) is 12.5 Å². The predicted molar refractivity (Wildman–Crippen MR) is 67.2 cm³/mol. The zero-order valence-electron chi connectivity index (χ0n) is 9.10. The molecule has 1 atom stereocenters. The standard InChI is InChI=1S/C11H13BrO3S/c1-8(16(2,14)15)11(13)7-9-4-3-5-10(12)6-9/h3-6,8H,7H2,1-2H3. The highest BCUT2D eigenvalue weighted by atomic mass is 79.9. The largest absolute Gasteiger partial charge is 0.298 e. The number of halogens is 1. The number of rotatable bonds is 4. The molecule has 0 aliphatic heterocycles. The molecular weight excluding hydrogens is 292 g/mol. The molecule has 0 radical (unpaired) electrons. The summed E-state index contributed by atoms with van der Waals surface area (Å²) in [7, 11) is -3.29. The van der Waals surface area contributed by atoms with Gasteiger partial charge in [0.05, 0.1) is 0 Å². The Morgan fingerprint density at radius 2 is 2.06 bits per heavy atom. The fourth-order valence-corrected chi connectivity index (χ4v) is 2.24. The third-order valence-corrected chi connectivity index (χ3v) is 4.40. The lowest BCUT2D eigenvalue weighted by Gasteiger charge is -2.08. The molecule has 0 heterocycles. The number of ketones is 1. The number of carbonyl (C=O) groups excluding carboxylic acids is 1. The maximum Gasteiger partial charge on any atom is 0.157 e. The van der Waals surface area contributed by atoms with Gasteiger partial charge in [0.25, 0.3) is 0 Å². The van der Waals surface area contributed by atoms with E-state index in [0.29, 0.717) is 0 Å².